The first kappa shape index (κ1) is 9.27. The lowest BCUT2D eigenvalue weighted by Gasteiger charge is -2.42. The standard InChI is InChI=1S/C9H21NSi/c1-9-7-5-6-8-10(9)11(2,3)4/h9H,5-8H2,1-4H3. The van der Waals surface area contributed by atoms with Crippen LogP contribution in [0.5, 0.6) is 0 Å². The molecule has 11 heavy (non-hydrogen) atoms. The summed E-state index contributed by atoms with van der Waals surface area (Å²) in [6.45, 7) is 11.1. The van der Waals surface area contributed by atoms with Crippen molar-refractivity contribution in [3.8, 4) is 0 Å². The summed E-state index contributed by atoms with van der Waals surface area (Å²) in [5, 5.41) is 0. The second-order valence-electron chi connectivity index (χ2n) is 4.71. The van der Waals surface area contributed by atoms with Crippen LogP contribution >= 0.6 is 0 Å². The molecule has 0 N–H and O–H groups in total. The second kappa shape index (κ2) is 3.28. The first-order valence-electron chi connectivity index (χ1n) is 4.78. The topological polar surface area (TPSA) is 3.24 Å². The van der Waals surface area contributed by atoms with Crippen LogP contribution < -0.4 is 0 Å². The van der Waals surface area contributed by atoms with Gasteiger partial charge in [0.1, 0.15) is 8.24 Å². The second-order valence-corrected chi connectivity index (χ2v) is 9.63. The van der Waals surface area contributed by atoms with Crippen LogP contribution in [0, 0.1) is 0 Å². The highest BCUT2D eigenvalue weighted by Gasteiger charge is 2.29. The molecule has 1 rings (SSSR count). The highest BCUT2D eigenvalue weighted by atomic mass is 28.3. The van der Waals surface area contributed by atoms with Crippen molar-refractivity contribution in [2.24, 2.45) is 0 Å². The highest BCUT2D eigenvalue weighted by Crippen LogP contribution is 2.22. The number of nitrogens with zero attached hydrogens (tertiary/aromatic N) is 1. The van der Waals surface area contributed by atoms with Gasteiger partial charge in [-0.15, -0.1) is 0 Å². The number of piperidine rings is 1. The molecule has 1 saturated heterocycles. The van der Waals surface area contributed by atoms with Gasteiger partial charge < -0.3 is 4.57 Å². The summed E-state index contributed by atoms with van der Waals surface area (Å²) < 4.78 is 2.76. The van der Waals surface area contributed by atoms with E-state index in [1.807, 2.05) is 0 Å². The van der Waals surface area contributed by atoms with E-state index in [1.165, 1.54) is 25.8 Å². The summed E-state index contributed by atoms with van der Waals surface area (Å²) in [5.41, 5.74) is 0. The third kappa shape index (κ3) is 2.31. The molecule has 0 amide bonds. The Kier molecular flexibility index (Phi) is 2.76. The third-order valence-electron chi connectivity index (χ3n) is 2.66. The van der Waals surface area contributed by atoms with Crippen molar-refractivity contribution in [3.63, 3.8) is 0 Å². The Morgan fingerprint density at radius 2 is 1.82 bits per heavy atom. The van der Waals surface area contributed by atoms with Crippen LogP contribution in [-0.4, -0.2) is 25.4 Å². The summed E-state index contributed by atoms with van der Waals surface area (Å²) in [4.78, 5) is 0. The molecule has 0 saturated carbocycles. The Morgan fingerprint density at radius 1 is 1.18 bits per heavy atom. The zero-order chi connectivity index (χ0) is 8.48. The van der Waals surface area contributed by atoms with Gasteiger partial charge in [-0.1, -0.05) is 33.0 Å². The summed E-state index contributed by atoms with van der Waals surface area (Å²) in [6.07, 6.45) is 4.29. The van der Waals surface area contributed by atoms with E-state index < -0.39 is 8.24 Å². The van der Waals surface area contributed by atoms with E-state index >= 15 is 0 Å². The molecule has 1 fully saturated rings. The van der Waals surface area contributed by atoms with Gasteiger partial charge in [-0.25, -0.2) is 0 Å². The van der Waals surface area contributed by atoms with Gasteiger partial charge in [-0.3, -0.25) is 0 Å². The minimum atomic E-state index is -0.986. The molecule has 1 unspecified atom stereocenters. The summed E-state index contributed by atoms with van der Waals surface area (Å²) in [5.74, 6) is 0. The number of hydrogen-bond donors (Lipinski definition) is 0. The van der Waals surface area contributed by atoms with Crippen molar-refractivity contribution in [2.75, 3.05) is 6.54 Å². The largest absolute Gasteiger partial charge is 0.321 e. The maximum absolute atomic E-state index is 2.76. The predicted molar refractivity (Wildman–Crippen MR) is 53.4 cm³/mol. The van der Waals surface area contributed by atoms with E-state index in [0.717, 1.165) is 6.04 Å². The fourth-order valence-corrected chi connectivity index (χ4v) is 4.38. The van der Waals surface area contributed by atoms with Crippen LogP contribution in [0.3, 0.4) is 0 Å². The van der Waals surface area contributed by atoms with E-state index in [0.29, 0.717) is 0 Å². The Bertz CT molecular complexity index is 128. The van der Waals surface area contributed by atoms with Crippen LogP contribution in [0.2, 0.25) is 19.6 Å². The summed E-state index contributed by atoms with van der Waals surface area (Å²) in [7, 11) is -0.986. The molecular weight excluding hydrogens is 150 g/mol. The lowest BCUT2D eigenvalue weighted by molar-refractivity contribution is 0.262. The van der Waals surface area contributed by atoms with Crippen molar-refractivity contribution in [3.05, 3.63) is 0 Å². The molecule has 0 aromatic heterocycles. The first-order chi connectivity index (χ1) is 5.02. The minimum Gasteiger partial charge on any atom is -0.321 e. The molecule has 1 nitrogen and oxygen atoms in total. The molecule has 0 bridgehead atoms. The van der Waals surface area contributed by atoms with E-state index in [1.54, 1.807) is 0 Å². The molecule has 0 aliphatic carbocycles. The van der Waals surface area contributed by atoms with Crippen LogP contribution in [0.4, 0.5) is 0 Å². The smallest absolute Gasteiger partial charge is 0.119 e. The van der Waals surface area contributed by atoms with Crippen LogP contribution in [0.1, 0.15) is 26.2 Å². The van der Waals surface area contributed by atoms with Gasteiger partial charge >= 0.3 is 0 Å². The Hall–Kier alpha value is 0.177. The lowest BCUT2D eigenvalue weighted by atomic mass is 10.1. The van der Waals surface area contributed by atoms with Crippen LogP contribution in [-0.2, 0) is 0 Å². The first-order valence-corrected chi connectivity index (χ1v) is 8.23. The molecular formula is C9H21NSi. The third-order valence-corrected chi connectivity index (χ3v) is 5.05. The molecule has 0 spiro atoms. The SMILES string of the molecule is CC1CCCCN1[Si](C)(C)C. The monoisotopic (exact) mass is 171 g/mol. The van der Waals surface area contributed by atoms with Gasteiger partial charge in [-0.05, 0) is 19.4 Å². The van der Waals surface area contributed by atoms with Crippen molar-refractivity contribution < 1.29 is 0 Å². The fourth-order valence-electron chi connectivity index (χ4n) is 2.09. The van der Waals surface area contributed by atoms with Gasteiger partial charge in [0.05, 0.1) is 0 Å². The zero-order valence-electron chi connectivity index (χ0n) is 8.35. The minimum absolute atomic E-state index is 0.857. The van der Waals surface area contributed by atoms with Gasteiger partial charge in [0, 0.05) is 6.04 Å². The van der Waals surface area contributed by atoms with Gasteiger partial charge in [0.15, 0.2) is 0 Å². The number of hydrogen-bond acceptors (Lipinski definition) is 1. The molecule has 2 heteroatoms. The molecule has 0 aromatic rings. The average Bonchev–Trinajstić information content (AvgIpc) is 1.86. The van der Waals surface area contributed by atoms with E-state index in [4.69, 9.17) is 0 Å². The molecule has 1 atom stereocenters. The molecule has 1 aliphatic heterocycles. The Morgan fingerprint density at radius 3 is 2.18 bits per heavy atom. The molecule has 66 valence electrons. The molecule has 1 heterocycles. The average molecular weight is 171 g/mol. The zero-order valence-corrected chi connectivity index (χ0v) is 9.35. The van der Waals surface area contributed by atoms with Crippen molar-refractivity contribution in [1.82, 2.24) is 4.57 Å². The molecule has 0 radical (unpaired) electrons. The van der Waals surface area contributed by atoms with Gasteiger partial charge in [0.2, 0.25) is 0 Å². The van der Waals surface area contributed by atoms with Crippen molar-refractivity contribution in [1.29, 1.82) is 0 Å². The summed E-state index contributed by atoms with van der Waals surface area (Å²) in [6, 6.07) is 0.857. The van der Waals surface area contributed by atoms with E-state index in [2.05, 4.69) is 31.1 Å². The Balaban J connectivity index is 2.55. The number of rotatable bonds is 1. The van der Waals surface area contributed by atoms with Gasteiger partial charge in [-0.2, -0.15) is 0 Å². The van der Waals surface area contributed by atoms with Gasteiger partial charge in [0.25, 0.3) is 0 Å². The predicted octanol–water partition coefficient (Wildman–Crippen LogP) is 2.70. The van der Waals surface area contributed by atoms with Crippen LogP contribution in [0.15, 0.2) is 0 Å². The normalized spacial score (nSPS) is 28.9. The maximum Gasteiger partial charge on any atom is 0.119 e. The lowest BCUT2D eigenvalue weighted by Crippen LogP contribution is -2.52. The Labute approximate surface area is 71.9 Å². The van der Waals surface area contributed by atoms with E-state index in [9.17, 15) is 0 Å². The summed E-state index contributed by atoms with van der Waals surface area (Å²) >= 11 is 0. The van der Waals surface area contributed by atoms with Crippen molar-refractivity contribution >= 4 is 8.24 Å². The quantitative estimate of drug-likeness (QED) is 0.548. The fraction of sp³-hybridized carbons (Fsp3) is 1.00. The van der Waals surface area contributed by atoms with E-state index in [-0.39, 0.29) is 0 Å². The molecule has 1 aliphatic rings. The maximum atomic E-state index is 2.76. The van der Waals surface area contributed by atoms with Crippen LogP contribution in [0.25, 0.3) is 0 Å². The van der Waals surface area contributed by atoms with Crippen molar-refractivity contribution in [2.45, 2.75) is 51.9 Å². The highest BCUT2D eigenvalue weighted by molar-refractivity contribution is 6.73. The molecule has 0 aromatic carbocycles.